The Labute approximate surface area is 82.5 Å². The molecule has 0 aromatic carbocycles. The summed E-state index contributed by atoms with van der Waals surface area (Å²) < 4.78 is 0. The lowest BCUT2D eigenvalue weighted by Crippen LogP contribution is -2.37. The minimum absolute atomic E-state index is 0.608. The van der Waals surface area contributed by atoms with E-state index in [0.717, 1.165) is 18.0 Å². The highest BCUT2D eigenvalue weighted by Crippen LogP contribution is 2.45. The van der Waals surface area contributed by atoms with Gasteiger partial charge in [0, 0.05) is 18.6 Å². The maximum absolute atomic E-state index is 2.72. The summed E-state index contributed by atoms with van der Waals surface area (Å²) in [5.74, 6) is 0.996. The molecule has 0 N–H and O–H groups in total. The quantitative estimate of drug-likeness (QED) is 0.601. The maximum atomic E-state index is 2.72. The SMILES string of the molecule is CC(C)N1CC2CC1CC(C)(C)C2. The van der Waals surface area contributed by atoms with Crippen molar-refractivity contribution in [2.45, 2.75) is 59.0 Å². The third-order valence-corrected chi connectivity index (χ3v) is 3.84. The molecule has 0 radical (unpaired) electrons. The first-order chi connectivity index (χ1) is 5.98. The lowest BCUT2D eigenvalue weighted by Gasteiger charge is -2.36. The Morgan fingerprint density at radius 3 is 2.54 bits per heavy atom. The van der Waals surface area contributed by atoms with E-state index in [0.29, 0.717) is 5.41 Å². The van der Waals surface area contributed by atoms with Gasteiger partial charge in [-0.15, -0.1) is 0 Å². The Bertz CT molecular complexity index is 195. The minimum Gasteiger partial charge on any atom is -0.298 e. The van der Waals surface area contributed by atoms with E-state index in [9.17, 15) is 0 Å². The molecule has 2 atom stereocenters. The summed E-state index contributed by atoms with van der Waals surface area (Å²) >= 11 is 0. The van der Waals surface area contributed by atoms with Gasteiger partial charge in [-0.25, -0.2) is 0 Å². The van der Waals surface area contributed by atoms with Crippen molar-refractivity contribution in [1.82, 2.24) is 4.90 Å². The van der Waals surface area contributed by atoms with Crippen molar-refractivity contribution in [2.24, 2.45) is 11.3 Å². The average molecular weight is 181 g/mol. The molecule has 2 bridgehead atoms. The maximum Gasteiger partial charge on any atom is 0.0106 e. The van der Waals surface area contributed by atoms with Crippen LogP contribution in [-0.2, 0) is 0 Å². The summed E-state index contributed by atoms with van der Waals surface area (Å²) in [7, 11) is 0. The molecule has 2 aliphatic rings. The lowest BCUT2D eigenvalue weighted by atomic mass is 9.72. The summed E-state index contributed by atoms with van der Waals surface area (Å²) in [4.78, 5) is 2.72. The van der Waals surface area contributed by atoms with Crippen LogP contribution in [0, 0.1) is 11.3 Å². The second-order valence-corrected chi connectivity index (χ2v) is 6.12. The van der Waals surface area contributed by atoms with Gasteiger partial charge in [0.25, 0.3) is 0 Å². The predicted octanol–water partition coefficient (Wildman–Crippen LogP) is 2.91. The third-order valence-electron chi connectivity index (χ3n) is 3.84. The van der Waals surface area contributed by atoms with Gasteiger partial charge in [0.2, 0.25) is 0 Å². The van der Waals surface area contributed by atoms with Crippen molar-refractivity contribution < 1.29 is 0 Å². The topological polar surface area (TPSA) is 3.24 Å². The molecule has 0 spiro atoms. The predicted molar refractivity (Wildman–Crippen MR) is 56.8 cm³/mol. The van der Waals surface area contributed by atoms with Crippen molar-refractivity contribution in [3.8, 4) is 0 Å². The van der Waals surface area contributed by atoms with Crippen molar-refractivity contribution in [3.05, 3.63) is 0 Å². The Balaban J connectivity index is 2.09. The molecule has 1 aliphatic carbocycles. The average Bonchev–Trinajstić information content (AvgIpc) is 2.24. The van der Waals surface area contributed by atoms with Gasteiger partial charge in [0.05, 0.1) is 0 Å². The van der Waals surface area contributed by atoms with Gasteiger partial charge in [0.15, 0.2) is 0 Å². The minimum atomic E-state index is 0.608. The summed E-state index contributed by atoms with van der Waals surface area (Å²) in [6, 6.07) is 1.65. The van der Waals surface area contributed by atoms with Gasteiger partial charge in [-0.2, -0.15) is 0 Å². The van der Waals surface area contributed by atoms with Gasteiger partial charge >= 0.3 is 0 Å². The third kappa shape index (κ3) is 1.76. The Morgan fingerprint density at radius 2 is 1.92 bits per heavy atom. The van der Waals surface area contributed by atoms with Crippen LogP contribution >= 0.6 is 0 Å². The van der Waals surface area contributed by atoms with Gasteiger partial charge in [-0.1, -0.05) is 13.8 Å². The molecule has 76 valence electrons. The molecule has 2 rings (SSSR count). The van der Waals surface area contributed by atoms with Gasteiger partial charge in [0.1, 0.15) is 0 Å². The number of hydrogen-bond acceptors (Lipinski definition) is 1. The fourth-order valence-electron chi connectivity index (χ4n) is 3.53. The highest BCUT2D eigenvalue weighted by molar-refractivity contribution is 4.96. The van der Waals surface area contributed by atoms with Gasteiger partial charge < -0.3 is 0 Å². The fourth-order valence-corrected chi connectivity index (χ4v) is 3.53. The zero-order valence-corrected chi connectivity index (χ0v) is 9.51. The molecule has 0 aromatic heterocycles. The van der Waals surface area contributed by atoms with Crippen LogP contribution in [-0.4, -0.2) is 23.5 Å². The standard InChI is InChI=1S/C12H23N/c1-9(2)13-8-10-5-11(13)7-12(3,4)6-10/h9-11H,5-8H2,1-4H3. The molecule has 2 fully saturated rings. The van der Waals surface area contributed by atoms with E-state index < -0.39 is 0 Å². The Hall–Kier alpha value is -0.0400. The summed E-state index contributed by atoms with van der Waals surface area (Å²) in [6.45, 7) is 10.9. The number of fused-ring (bicyclic) bond motifs is 2. The molecular weight excluding hydrogens is 158 g/mol. The van der Waals surface area contributed by atoms with Crippen molar-refractivity contribution >= 4 is 0 Å². The smallest absolute Gasteiger partial charge is 0.0106 e. The highest BCUT2D eigenvalue weighted by Gasteiger charge is 2.43. The van der Waals surface area contributed by atoms with Crippen molar-refractivity contribution in [2.75, 3.05) is 6.54 Å². The summed E-state index contributed by atoms with van der Waals surface area (Å²) in [6.07, 6.45) is 4.34. The number of hydrogen-bond donors (Lipinski definition) is 0. The Morgan fingerprint density at radius 1 is 1.23 bits per heavy atom. The van der Waals surface area contributed by atoms with Crippen LogP contribution in [0.5, 0.6) is 0 Å². The van der Waals surface area contributed by atoms with E-state index in [1.165, 1.54) is 25.8 Å². The number of likely N-dealkylation sites (tertiary alicyclic amines) is 1. The monoisotopic (exact) mass is 181 g/mol. The van der Waals surface area contributed by atoms with E-state index in [1.807, 2.05) is 0 Å². The number of nitrogens with zero attached hydrogens (tertiary/aromatic N) is 1. The fraction of sp³-hybridized carbons (Fsp3) is 1.00. The van der Waals surface area contributed by atoms with Crippen LogP contribution in [0.15, 0.2) is 0 Å². The Kier molecular flexibility index (Phi) is 2.18. The van der Waals surface area contributed by atoms with Crippen molar-refractivity contribution in [1.29, 1.82) is 0 Å². The van der Waals surface area contributed by atoms with E-state index in [-0.39, 0.29) is 0 Å². The second kappa shape index (κ2) is 2.98. The molecule has 1 saturated carbocycles. The molecule has 1 heteroatoms. The molecule has 1 nitrogen and oxygen atoms in total. The van der Waals surface area contributed by atoms with E-state index in [4.69, 9.17) is 0 Å². The second-order valence-electron chi connectivity index (χ2n) is 6.12. The zero-order chi connectivity index (χ0) is 9.64. The number of rotatable bonds is 1. The summed E-state index contributed by atoms with van der Waals surface area (Å²) in [5.41, 5.74) is 0.608. The van der Waals surface area contributed by atoms with Crippen LogP contribution in [0.4, 0.5) is 0 Å². The highest BCUT2D eigenvalue weighted by atomic mass is 15.2. The molecule has 1 heterocycles. The van der Waals surface area contributed by atoms with E-state index in [2.05, 4.69) is 32.6 Å². The van der Waals surface area contributed by atoms with E-state index in [1.54, 1.807) is 0 Å². The van der Waals surface area contributed by atoms with Crippen LogP contribution in [0.25, 0.3) is 0 Å². The molecule has 13 heavy (non-hydrogen) atoms. The first kappa shape index (κ1) is 9.51. The molecular formula is C12H23N. The zero-order valence-electron chi connectivity index (χ0n) is 9.51. The molecule has 2 unspecified atom stereocenters. The van der Waals surface area contributed by atoms with Crippen LogP contribution in [0.2, 0.25) is 0 Å². The van der Waals surface area contributed by atoms with Crippen molar-refractivity contribution in [3.63, 3.8) is 0 Å². The molecule has 0 aromatic rings. The summed E-state index contributed by atoms with van der Waals surface area (Å²) in [5, 5.41) is 0. The van der Waals surface area contributed by atoms with Gasteiger partial charge in [-0.3, -0.25) is 4.90 Å². The largest absolute Gasteiger partial charge is 0.298 e. The molecule has 0 amide bonds. The molecule has 1 saturated heterocycles. The van der Waals surface area contributed by atoms with E-state index >= 15 is 0 Å². The van der Waals surface area contributed by atoms with Crippen LogP contribution in [0.3, 0.4) is 0 Å². The van der Waals surface area contributed by atoms with Gasteiger partial charge in [-0.05, 0) is 44.4 Å². The molecule has 1 aliphatic heterocycles. The van der Waals surface area contributed by atoms with Crippen LogP contribution < -0.4 is 0 Å². The first-order valence-electron chi connectivity index (χ1n) is 5.74. The first-order valence-corrected chi connectivity index (χ1v) is 5.74. The lowest BCUT2D eigenvalue weighted by molar-refractivity contribution is 0.146. The van der Waals surface area contributed by atoms with Crippen LogP contribution in [0.1, 0.15) is 47.0 Å². The normalized spacial score (nSPS) is 38.5.